The van der Waals surface area contributed by atoms with Crippen molar-refractivity contribution in [2.45, 2.75) is 24.0 Å². The number of aryl methyl sites for hydroxylation is 1. The largest absolute Gasteiger partial charge is 0.394 e. The van der Waals surface area contributed by atoms with E-state index in [0.717, 1.165) is 11.1 Å². The molecule has 1 fully saturated rings. The van der Waals surface area contributed by atoms with Crippen LogP contribution in [0, 0.1) is 6.92 Å². The van der Waals surface area contributed by atoms with E-state index in [4.69, 9.17) is 14.0 Å². The summed E-state index contributed by atoms with van der Waals surface area (Å²) in [4.78, 5) is 0.119. The van der Waals surface area contributed by atoms with Crippen molar-refractivity contribution in [3.05, 3.63) is 59.7 Å². The molecule has 1 aliphatic heterocycles. The molecule has 2 aromatic carbocycles. The summed E-state index contributed by atoms with van der Waals surface area (Å²) in [5, 5.41) is 8.96. The summed E-state index contributed by atoms with van der Waals surface area (Å²) in [5.41, 5.74) is 1.87. The molecular weight excluding hydrogens is 304 g/mol. The third-order valence-corrected chi connectivity index (χ3v) is 4.75. The first-order valence-electron chi connectivity index (χ1n) is 6.87. The van der Waals surface area contributed by atoms with Gasteiger partial charge >= 0.3 is 10.1 Å². The van der Waals surface area contributed by atoms with Gasteiger partial charge in [0.05, 0.1) is 6.61 Å². The Hall–Kier alpha value is -1.89. The van der Waals surface area contributed by atoms with Crippen LogP contribution in [0.2, 0.25) is 0 Å². The Bertz CT molecular complexity index is 750. The Labute approximate surface area is 129 Å². The van der Waals surface area contributed by atoms with Crippen LogP contribution < -0.4 is 4.18 Å². The summed E-state index contributed by atoms with van der Waals surface area (Å²) >= 11 is 0. The van der Waals surface area contributed by atoms with Crippen LogP contribution in [0.15, 0.2) is 53.4 Å². The van der Waals surface area contributed by atoms with Crippen LogP contribution in [-0.4, -0.2) is 26.2 Å². The zero-order valence-corrected chi connectivity index (χ0v) is 12.8. The van der Waals surface area contributed by atoms with Crippen LogP contribution in [0.3, 0.4) is 0 Å². The molecule has 0 bridgehead atoms. The number of rotatable bonds is 5. The van der Waals surface area contributed by atoms with E-state index in [1.165, 1.54) is 12.1 Å². The van der Waals surface area contributed by atoms with Gasteiger partial charge in [-0.3, -0.25) is 0 Å². The lowest BCUT2D eigenvalue weighted by Crippen LogP contribution is -2.09. The van der Waals surface area contributed by atoms with Gasteiger partial charge in [0.1, 0.15) is 22.9 Å². The van der Waals surface area contributed by atoms with Gasteiger partial charge in [0, 0.05) is 0 Å². The Morgan fingerprint density at radius 3 is 2.27 bits per heavy atom. The average Bonchev–Trinajstić information content (AvgIpc) is 3.28. The van der Waals surface area contributed by atoms with Gasteiger partial charge in [-0.1, -0.05) is 29.8 Å². The lowest BCUT2D eigenvalue weighted by Gasteiger charge is -2.07. The molecule has 5 nitrogen and oxygen atoms in total. The topological polar surface area (TPSA) is 76.1 Å². The molecule has 3 rings (SSSR count). The van der Waals surface area contributed by atoms with Gasteiger partial charge in [-0.2, -0.15) is 8.42 Å². The van der Waals surface area contributed by atoms with Crippen molar-refractivity contribution in [2.24, 2.45) is 0 Å². The van der Waals surface area contributed by atoms with Crippen LogP contribution in [0.1, 0.15) is 17.2 Å². The molecule has 0 amide bonds. The predicted molar refractivity (Wildman–Crippen MR) is 80.1 cm³/mol. The van der Waals surface area contributed by atoms with Crippen LogP contribution in [-0.2, 0) is 14.9 Å². The first-order chi connectivity index (χ1) is 10.5. The molecule has 6 heteroatoms. The first-order valence-corrected chi connectivity index (χ1v) is 8.28. The van der Waals surface area contributed by atoms with Crippen LogP contribution in [0.25, 0.3) is 0 Å². The average molecular weight is 320 g/mol. The molecule has 1 heterocycles. The third-order valence-electron chi connectivity index (χ3n) is 3.49. The second kappa shape index (κ2) is 5.72. The second-order valence-electron chi connectivity index (χ2n) is 5.20. The van der Waals surface area contributed by atoms with E-state index in [1.54, 1.807) is 36.4 Å². The van der Waals surface area contributed by atoms with Gasteiger partial charge in [0.15, 0.2) is 0 Å². The number of ether oxygens (including phenoxy) is 1. The fourth-order valence-corrected chi connectivity index (χ4v) is 3.10. The molecule has 2 aromatic rings. The molecule has 0 radical (unpaired) electrons. The summed E-state index contributed by atoms with van der Waals surface area (Å²) in [5.74, 6) is 0.241. The molecular formula is C16H16O5S. The Kier molecular flexibility index (Phi) is 3.90. The molecule has 1 N–H and O–H groups in total. The zero-order valence-electron chi connectivity index (χ0n) is 12.0. The smallest absolute Gasteiger partial charge is 0.339 e. The fraction of sp³-hybridized carbons (Fsp3) is 0.250. The van der Waals surface area contributed by atoms with Crippen molar-refractivity contribution in [1.29, 1.82) is 0 Å². The third kappa shape index (κ3) is 3.14. The summed E-state index contributed by atoms with van der Waals surface area (Å²) in [6, 6.07) is 13.1. The number of benzene rings is 2. The van der Waals surface area contributed by atoms with E-state index >= 15 is 0 Å². The number of aliphatic hydroxyl groups excluding tert-OH is 1. The van der Waals surface area contributed by atoms with Crippen LogP contribution in [0.5, 0.6) is 5.75 Å². The first kappa shape index (κ1) is 15.0. The molecule has 0 spiro atoms. The van der Waals surface area contributed by atoms with Gasteiger partial charge in [-0.15, -0.1) is 0 Å². The van der Waals surface area contributed by atoms with Crippen molar-refractivity contribution >= 4 is 10.1 Å². The van der Waals surface area contributed by atoms with Gasteiger partial charge in [-0.25, -0.2) is 0 Å². The molecule has 0 aliphatic carbocycles. The lowest BCUT2D eigenvalue weighted by atomic mass is 10.1. The SMILES string of the molecule is Cc1ccc(S(=O)(=O)Oc2ccc([C@H]3O[C@@H]3CO)cc2)cc1. The molecule has 22 heavy (non-hydrogen) atoms. The second-order valence-corrected chi connectivity index (χ2v) is 6.74. The van der Waals surface area contributed by atoms with E-state index in [-0.39, 0.29) is 29.5 Å². The number of hydrogen-bond acceptors (Lipinski definition) is 5. The van der Waals surface area contributed by atoms with E-state index in [2.05, 4.69) is 0 Å². The highest BCUT2D eigenvalue weighted by atomic mass is 32.2. The van der Waals surface area contributed by atoms with E-state index in [0.29, 0.717) is 0 Å². The van der Waals surface area contributed by atoms with Crippen molar-refractivity contribution < 1.29 is 22.4 Å². The van der Waals surface area contributed by atoms with Crippen molar-refractivity contribution in [1.82, 2.24) is 0 Å². The Morgan fingerprint density at radius 2 is 1.73 bits per heavy atom. The maximum atomic E-state index is 12.2. The van der Waals surface area contributed by atoms with Crippen molar-refractivity contribution in [3.63, 3.8) is 0 Å². The molecule has 0 saturated carbocycles. The minimum absolute atomic E-state index is 0.0231. The maximum absolute atomic E-state index is 12.2. The number of hydrogen-bond donors (Lipinski definition) is 1. The minimum atomic E-state index is -3.83. The zero-order chi connectivity index (χ0) is 15.7. The van der Waals surface area contributed by atoms with Gasteiger partial charge in [0.2, 0.25) is 0 Å². The van der Waals surface area contributed by atoms with E-state index in [9.17, 15) is 8.42 Å². The van der Waals surface area contributed by atoms with Crippen molar-refractivity contribution in [2.75, 3.05) is 6.61 Å². The van der Waals surface area contributed by atoms with Crippen LogP contribution in [0.4, 0.5) is 0 Å². The standard InChI is InChI=1S/C16H16O5S/c1-11-2-8-14(9-3-11)22(18,19)21-13-6-4-12(5-7-13)16-15(10-17)20-16/h2-9,15-17H,10H2,1H3/t15-,16-/m1/s1. The molecule has 0 unspecified atom stereocenters. The van der Waals surface area contributed by atoms with Crippen LogP contribution >= 0.6 is 0 Å². The van der Waals surface area contributed by atoms with Crippen molar-refractivity contribution in [3.8, 4) is 5.75 Å². The number of epoxide rings is 1. The molecule has 2 atom stereocenters. The minimum Gasteiger partial charge on any atom is -0.394 e. The summed E-state index contributed by atoms with van der Waals surface area (Å²) in [6.07, 6.45) is -0.282. The summed E-state index contributed by atoms with van der Waals surface area (Å²) < 4.78 is 34.7. The normalized spacial score (nSPS) is 20.6. The lowest BCUT2D eigenvalue weighted by molar-refractivity contribution is 0.242. The number of aliphatic hydroxyl groups is 1. The Balaban J connectivity index is 1.74. The highest BCUT2D eigenvalue weighted by molar-refractivity contribution is 7.87. The maximum Gasteiger partial charge on any atom is 0.339 e. The molecule has 1 aliphatic rings. The monoisotopic (exact) mass is 320 g/mol. The predicted octanol–water partition coefficient (Wildman–Crippen LogP) is 2.19. The molecule has 0 aromatic heterocycles. The van der Waals surface area contributed by atoms with Gasteiger partial charge in [0.25, 0.3) is 0 Å². The van der Waals surface area contributed by atoms with Gasteiger partial charge < -0.3 is 14.0 Å². The van der Waals surface area contributed by atoms with Gasteiger partial charge in [-0.05, 0) is 36.8 Å². The molecule has 116 valence electrons. The molecule has 1 saturated heterocycles. The fourth-order valence-electron chi connectivity index (χ4n) is 2.17. The summed E-state index contributed by atoms with van der Waals surface area (Å²) in [7, 11) is -3.83. The quantitative estimate of drug-likeness (QED) is 0.675. The highest BCUT2D eigenvalue weighted by Gasteiger charge is 2.39. The van der Waals surface area contributed by atoms with E-state index < -0.39 is 10.1 Å². The summed E-state index contributed by atoms with van der Waals surface area (Å²) in [6.45, 7) is 1.86. The Morgan fingerprint density at radius 1 is 1.09 bits per heavy atom. The van der Waals surface area contributed by atoms with E-state index in [1.807, 2.05) is 6.92 Å². The highest BCUT2D eigenvalue weighted by Crippen LogP contribution is 2.38.